The molecular weight excluding hydrogens is 324 g/mol. The molecule has 1 saturated carbocycles. The number of esters is 1. The summed E-state index contributed by atoms with van der Waals surface area (Å²) in [5, 5.41) is 26.7. The fraction of sp³-hybridized carbons (Fsp3) is 0.800. The zero-order valence-corrected chi connectivity index (χ0v) is 13.4. The van der Waals surface area contributed by atoms with Gasteiger partial charge in [-0.1, -0.05) is 0 Å². The van der Waals surface area contributed by atoms with Crippen LogP contribution in [0.2, 0.25) is 0 Å². The topological polar surface area (TPSA) is 140 Å². The third kappa shape index (κ3) is 6.81. The Morgan fingerprint density at radius 3 is 2.00 bits per heavy atom. The Hall–Kier alpha value is -1.71. The summed E-state index contributed by atoms with van der Waals surface area (Å²) in [6, 6.07) is 0. The molecule has 0 aromatic heterocycles. The van der Waals surface area contributed by atoms with Gasteiger partial charge in [-0.15, -0.1) is 0 Å². The van der Waals surface area contributed by atoms with Crippen LogP contribution in [0, 0.1) is 17.8 Å². The minimum atomic E-state index is -1.20. The number of carboxylic acid groups (broad SMARTS) is 2. The lowest BCUT2D eigenvalue weighted by atomic mass is 9.74. The molecule has 1 fully saturated rings. The molecule has 1 aliphatic rings. The summed E-state index contributed by atoms with van der Waals surface area (Å²) in [6.07, 6.45) is 0.418. The van der Waals surface area contributed by atoms with Gasteiger partial charge in [-0.25, -0.2) is 0 Å². The lowest BCUT2D eigenvalue weighted by Gasteiger charge is -2.30. The Morgan fingerprint density at radius 1 is 0.833 bits per heavy atom. The van der Waals surface area contributed by atoms with Crippen LogP contribution in [-0.4, -0.2) is 72.9 Å². The highest BCUT2D eigenvalue weighted by atomic mass is 16.6. The first kappa shape index (κ1) is 20.3. The number of carboxylic acids is 2. The average molecular weight is 348 g/mol. The Labute approximate surface area is 139 Å². The monoisotopic (exact) mass is 348 g/mol. The maximum Gasteiger partial charge on any atom is 0.309 e. The normalized spacial score (nSPS) is 23.6. The van der Waals surface area contributed by atoms with Gasteiger partial charge in [0.05, 0.1) is 50.8 Å². The summed E-state index contributed by atoms with van der Waals surface area (Å²) in [6.45, 7) is 1.04. The van der Waals surface area contributed by atoms with Gasteiger partial charge < -0.3 is 29.5 Å². The second-order valence-corrected chi connectivity index (χ2v) is 5.52. The largest absolute Gasteiger partial charge is 0.481 e. The third-order valence-electron chi connectivity index (χ3n) is 3.90. The first-order chi connectivity index (χ1) is 11.5. The molecule has 0 aromatic carbocycles. The highest BCUT2D eigenvalue weighted by molar-refractivity contribution is 5.82. The number of ether oxygens (including phenoxy) is 3. The van der Waals surface area contributed by atoms with Crippen molar-refractivity contribution in [3.63, 3.8) is 0 Å². The van der Waals surface area contributed by atoms with Crippen molar-refractivity contribution in [2.75, 3.05) is 39.6 Å². The number of aliphatic hydroxyl groups is 1. The van der Waals surface area contributed by atoms with Crippen molar-refractivity contribution in [3.05, 3.63) is 0 Å². The van der Waals surface area contributed by atoms with E-state index in [1.54, 1.807) is 0 Å². The van der Waals surface area contributed by atoms with Gasteiger partial charge in [-0.05, 0) is 19.3 Å². The SMILES string of the molecule is O=C(OCCOCCOCCO)C1CCC(C(=O)O)C(C(=O)O)C1. The van der Waals surface area contributed by atoms with Crippen LogP contribution in [0.5, 0.6) is 0 Å². The van der Waals surface area contributed by atoms with E-state index in [0.29, 0.717) is 19.6 Å². The maximum atomic E-state index is 11.9. The van der Waals surface area contributed by atoms with Crippen LogP contribution < -0.4 is 0 Å². The molecule has 9 heteroatoms. The summed E-state index contributed by atoms with van der Waals surface area (Å²) >= 11 is 0. The number of carbonyl (C=O) groups excluding carboxylic acids is 1. The van der Waals surface area contributed by atoms with Crippen LogP contribution in [-0.2, 0) is 28.6 Å². The van der Waals surface area contributed by atoms with E-state index >= 15 is 0 Å². The Balaban J connectivity index is 2.26. The lowest BCUT2D eigenvalue weighted by Crippen LogP contribution is -2.38. The van der Waals surface area contributed by atoms with Crippen LogP contribution in [0.1, 0.15) is 19.3 Å². The van der Waals surface area contributed by atoms with Crippen LogP contribution in [0.15, 0.2) is 0 Å². The summed E-state index contributed by atoms with van der Waals surface area (Å²) in [7, 11) is 0. The molecule has 0 radical (unpaired) electrons. The Kier molecular flexibility index (Phi) is 9.28. The van der Waals surface area contributed by atoms with E-state index in [4.69, 9.17) is 29.5 Å². The fourth-order valence-electron chi connectivity index (χ4n) is 2.66. The second-order valence-electron chi connectivity index (χ2n) is 5.52. The number of hydrogen-bond acceptors (Lipinski definition) is 7. The molecule has 1 aliphatic carbocycles. The van der Waals surface area contributed by atoms with E-state index in [9.17, 15) is 14.4 Å². The van der Waals surface area contributed by atoms with E-state index in [-0.39, 0.29) is 39.3 Å². The van der Waals surface area contributed by atoms with E-state index in [1.807, 2.05) is 0 Å². The van der Waals surface area contributed by atoms with Gasteiger partial charge in [0, 0.05) is 0 Å². The molecule has 3 unspecified atom stereocenters. The first-order valence-corrected chi connectivity index (χ1v) is 7.86. The molecule has 0 saturated heterocycles. The van der Waals surface area contributed by atoms with Gasteiger partial charge in [0.1, 0.15) is 6.61 Å². The van der Waals surface area contributed by atoms with Crippen LogP contribution in [0.3, 0.4) is 0 Å². The summed E-state index contributed by atoms with van der Waals surface area (Å²) in [5.41, 5.74) is 0. The van der Waals surface area contributed by atoms with Crippen LogP contribution >= 0.6 is 0 Å². The molecule has 0 amide bonds. The molecule has 3 atom stereocenters. The Morgan fingerprint density at radius 2 is 1.42 bits per heavy atom. The van der Waals surface area contributed by atoms with Gasteiger partial charge in [-0.2, -0.15) is 0 Å². The summed E-state index contributed by atoms with van der Waals surface area (Å²) in [4.78, 5) is 34.2. The van der Waals surface area contributed by atoms with E-state index in [2.05, 4.69) is 0 Å². The van der Waals surface area contributed by atoms with E-state index in [0.717, 1.165) is 0 Å². The summed E-state index contributed by atoms with van der Waals surface area (Å²) < 4.78 is 15.2. The van der Waals surface area contributed by atoms with E-state index < -0.39 is 35.7 Å². The van der Waals surface area contributed by atoms with Crippen molar-refractivity contribution in [3.8, 4) is 0 Å². The lowest BCUT2D eigenvalue weighted by molar-refractivity contribution is -0.161. The summed E-state index contributed by atoms with van der Waals surface area (Å²) in [5.74, 6) is -5.51. The number of aliphatic carboxylic acids is 2. The third-order valence-corrected chi connectivity index (χ3v) is 3.90. The zero-order chi connectivity index (χ0) is 17.9. The van der Waals surface area contributed by atoms with Crippen molar-refractivity contribution in [2.45, 2.75) is 19.3 Å². The number of carbonyl (C=O) groups is 3. The highest BCUT2D eigenvalue weighted by Gasteiger charge is 2.41. The zero-order valence-electron chi connectivity index (χ0n) is 13.4. The van der Waals surface area contributed by atoms with Crippen molar-refractivity contribution >= 4 is 17.9 Å². The fourth-order valence-corrected chi connectivity index (χ4v) is 2.66. The van der Waals surface area contributed by atoms with Gasteiger partial charge >= 0.3 is 17.9 Å². The number of hydrogen-bond donors (Lipinski definition) is 3. The molecule has 0 aliphatic heterocycles. The molecule has 0 heterocycles. The van der Waals surface area contributed by atoms with Crippen LogP contribution in [0.4, 0.5) is 0 Å². The van der Waals surface area contributed by atoms with Crippen molar-refractivity contribution in [1.82, 2.24) is 0 Å². The number of aliphatic hydroxyl groups excluding tert-OH is 1. The molecular formula is C15H24O9. The van der Waals surface area contributed by atoms with Gasteiger partial charge in [-0.3, -0.25) is 14.4 Å². The predicted octanol–water partition coefficient (Wildman–Crippen LogP) is -0.243. The van der Waals surface area contributed by atoms with Crippen LogP contribution in [0.25, 0.3) is 0 Å². The molecule has 0 bridgehead atoms. The van der Waals surface area contributed by atoms with Crippen molar-refractivity contribution in [1.29, 1.82) is 0 Å². The molecule has 0 aromatic rings. The predicted molar refractivity (Wildman–Crippen MR) is 79.3 cm³/mol. The quantitative estimate of drug-likeness (QED) is 0.341. The van der Waals surface area contributed by atoms with Crippen molar-refractivity contribution in [2.24, 2.45) is 17.8 Å². The minimum Gasteiger partial charge on any atom is -0.481 e. The minimum absolute atomic E-state index is 0.0268. The highest BCUT2D eigenvalue weighted by Crippen LogP contribution is 2.35. The maximum absolute atomic E-state index is 11.9. The van der Waals surface area contributed by atoms with Crippen molar-refractivity contribution < 1.29 is 43.9 Å². The van der Waals surface area contributed by atoms with E-state index in [1.165, 1.54) is 0 Å². The standard InChI is InChI=1S/C15H24O9/c16-3-4-22-5-6-23-7-8-24-15(21)10-1-2-11(13(17)18)12(9-10)14(19)20/h10-12,16H,1-9H2,(H,17,18)(H,19,20). The molecule has 24 heavy (non-hydrogen) atoms. The van der Waals surface area contributed by atoms with Gasteiger partial charge in [0.15, 0.2) is 0 Å². The molecule has 9 nitrogen and oxygen atoms in total. The second kappa shape index (κ2) is 11.0. The van der Waals surface area contributed by atoms with Gasteiger partial charge in [0.25, 0.3) is 0 Å². The first-order valence-electron chi connectivity index (χ1n) is 7.86. The molecule has 3 N–H and O–H groups in total. The Bertz CT molecular complexity index is 423. The smallest absolute Gasteiger partial charge is 0.309 e. The number of rotatable bonds is 11. The molecule has 1 rings (SSSR count). The van der Waals surface area contributed by atoms with Gasteiger partial charge in [0.2, 0.25) is 0 Å². The molecule has 0 spiro atoms. The average Bonchev–Trinajstić information content (AvgIpc) is 2.56. The molecule has 138 valence electrons.